The van der Waals surface area contributed by atoms with Gasteiger partial charge in [0, 0.05) is 18.2 Å². The number of carbonyl (C=O) groups excluding carboxylic acids is 1. The van der Waals surface area contributed by atoms with Gasteiger partial charge in [-0.2, -0.15) is 0 Å². The molecular formula is C23H19N3O4S. The number of benzene rings is 3. The standard InChI is InChI=1S/C23H19N3O4S/c1-30-19-11-12-21-20(14-19)24-23(31-21)25(15-17-5-3-2-4-6-17)22(27)13-16-7-9-18(10-8-16)26(28)29/h2-12,14H,13,15H2,1H3. The average Bonchev–Trinajstić information content (AvgIpc) is 3.21. The summed E-state index contributed by atoms with van der Waals surface area (Å²) in [6, 6.07) is 21.4. The van der Waals surface area contributed by atoms with E-state index < -0.39 is 4.92 Å². The highest BCUT2D eigenvalue weighted by Gasteiger charge is 2.21. The van der Waals surface area contributed by atoms with Crippen LogP contribution in [-0.4, -0.2) is 22.9 Å². The minimum atomic E-state index is -0.456. The van der Waals surface area contributed by atoms with E-state index in [1.165, 1.54) is 23.5 Å². The van der Waals surface area contributed by atoms with E-state index in [0.717, 1.165) is 15.8 Å². The number of hydrogen-bond acceptors (Lipinski definition) is 6. The van der Waals surface area contributed by atoms with Crippen LogP contribution in [0.2, 0.25) is 0 Å². The molecule has 4 rings (SSSR count). The van der Waals surface area contributed by atoms with Crippen LogP contribution in [0.1, 0.15) is 11.1 Å². The van der Waals surface area contributed by atoms with E-state index in [4.69, 9.17) is 4.74 Å². The number of non-ortho nitro benzene ring substituents is 1. The zero-order valence-electron chi connectivity index (χ0n) is 16.7. The van der Waals surface area contributed by atoms with Gasteiger partial charge in [0.1, 0.15) is 5.75 Å². The Hall–Kier alpha value is -3.78. The normalized spacial score (nSPS) is 10.7. The van der Waals surface area contributed by atoms with Gasteiger partial charge in [-0.1, -0.05) is 53.8 Å². The first kappa shape index (κ1) is 20.5. The van der Waals surface area contributed by atoms with Gasteiger partial charge in [0.05, 0.1) is 35.2 Å². The summed E-state index contributed by atoms with van der Waals surface area (Å²) in [5.74, 6) is 0.569. The third kappa shape index (κ3) is 4.70. The molecule has 0 spiro atoms. The first-order chi connectivity index (χ1) is 15.0. The highest BCUT2D eigenvalue weighted by molar-refractivity contribution is 7.22. The number of ether oxygens (including phenoxy) is 1. The molecule has 0 aliphatic heterocycles. The monoisotopic (exact) mass is 433 g/mol. The molecule has 0 aliphatic carbocycles. The van der Waals surface area contributed by atoms with E-state index in [2.05, 4.69) is 4.98 Å². The second kappa shape index (κ2) is 8.93. The van der Waals surface area contributed by atoms with Crippen LogP contribution < -0.4 is 9.64 Å². The van der Waals surface area contributed by atoms with E-state index >= 15 is 0 Å². The summed E-state index contributed by atoms with van der Waals surface area (Å²) in [5, 5.41) is 11.5. The fourth-order valence-electron chi connectivity index (χ4n) is 3.17. The van der Waals surface area contributed by atoms with Gasteiger partial charge in [-0.15, -0.1) is 0 Å². The number of nitro groups is 1. The Labute approximate surface area is 182 Å². The van der Waals surface area contributed by atoms with E-state index in [1.54, 1.807) is 24.1 Å². The second-order valence-corrected chi connectivity index (χ2v) is 7.91. The Balaban J connectivity index is 1.65. The molecule has 7 nitrogen and oxygen atoms in total. The molecule has 0 aliphatic rings. The number of nitro benzene ring substituents is 1. The number of carbonyl (C=O) groups is 1. The number of hydrogen-bond donors (Lipinski definition) is 0. The highest BCUT2D eigenvalue weighted by Crippen LogP contribution is 2.32. The lowest BCUT2D eigenvalue weighted by Gasteiger charge is -2.20. The zero-order valence-corrected chi connectivity index (χ0v) is 17.5. The van der Waals surface area contributed by atoms with Gasteiger partial charge in [-0.25, -0.2) is 4.98 Å². The van der Waals surface area contributed by atoms with Gasteiger partial charge >= 0.3 is 0 Å². The van der Waals surface area contributed by atoms with Gasteiger partial charge in [0.2, 0.25) is 5.91 Å². The number of nitrogens with zero attached hydrogens (tertiary/aromatic N) is 3. The van der Waals surface area contributed by atoms with Crippen molar-refractivity contribution >= 4 is 38.3 Å². The van der Waals surface area contributed by atoms with Gasteiger partial charge in [-0.3, -0.25) is 19.8 Å². The Bertz CT molecular complexity index is 1220. The van der Waals surface area contributed by atoms with Crippen molar-refractivity contribution in [2.45, 2.75) is 13.0 Å². The van der Waals surface area contributed by atoms with E-state index in [1.807, 2.05) is 48.5 Å². The number of methoxy groups -OCH3 is 1. The first-order valence-corrected chi connectivity index (χ1v) is 10.4. The highest BCUT2D eigenvalue weighted by atomic mass is 32.1. The molecule has 0 radical (unpaired) electrons. The van der Waals surface area contributed by atoms with E-state index in [-0.39, 0.29) is 18.0 Å². The predicted molar refractivity (Wildman–Crippen MR) is 121 cm³/mol. The third-order valence-corrected chi connectivity index (χ3v) is 5.86. The van der Waals surface area contributed by atoms with E-state index in [0.29, 0.717) is 23.0 Å². The SMILES string of the molecule is COc1ccc2sc(N(Cc3ccccc3)C(=O)Cc3ccc([N+](=O)[O-])cc3)nc2c1. The van der Waals surface area contributed by atoms with Gasteiger partial charge < -0.3 is 4.74 Å². The van der Waals surface area contributed by atoms with Crippen molar-refractivity contribution in [1.82, 2.24) is 4.98 Å². The molecule has 156 valence electrons. The molecule has 1 heterocycles. The predicted octanol–water partition coefficient (Wildman–Crippen LogP) is 4.99. The van der Waals surface area contributed by atoms with Crippen LogP contribution in [0, 0.1) is 10.1 Å². The maximum Gasteiger partial charge on any atom is 0.269 e. The lowest BCUT2D eigenvalue weighted by molar-refractivity contribution is -0.384. The van der Waals surface area contributed by atoms with Crippen molar-refractivity contribution in [2.75, 3.05) is 12.0 Å². The smallest absolute Gasteiger partial charge is 0.269 e. The Kier molecular flexibility index (Phi) is 5.90. The van der Waals surface area contributed by atoms with Crippen molar-refractivity contribution in [1.29, 1.82) is 0 Å². The molecule has 0 N–H and O–H groups in total. The fraction of sp³-hybridized carbons (Fsp3) is 0.130. The molecule has 1 amide bonds. The molecule has 0 fully saturated rings. The van der Waals surface area contributed by atoms with Crippen LogP contribution >= 0.6 is 11.3 Å². The summed E-state index contributed by atoms with van der Waals surface area (Å²) in [7, 11) is 1.60. The van der Waals surface area contributed by atoms with Gasteiger partial charge in [-0.05, 0) is 23.3 Å². The van der Waals surface area contributed by atoms with Gasteiger partial charge in [0.25, 0.3) is 5.69 Å². The van der Waals surface area contributed by atoms with Crippen LogP contribution in [-0.2, 0) is 17.8 Å². The van der Waals surface area contributed by atoms with Crippen LogP contribution in [0.25, 0.3) is 10.2 Å². The first-order valence-electron chi connectivity index (χ1n) is 9.55. The van der Waals surface area contributed by atoms with Gasteiger partial charge in [0.15, 0.2) is 5.13 Å². The molecule has 8 heteroatoms. The quantitative estimate of drug-likeness (QED) is 0.303. The molecule has 0 atom stereocenters. The summed E-state index contributed by atoms with van der Waals surface area (Å²) in [6.07, 6.45) is 0.115. The number of fused-ring (bicyclic) bond motifs is 1. The number of amides is 1. The van der Waals surface area contributed by atoms with Crippen LogP contribution in [0.5, 0.6) is 5.75 Å². The largest absolute Gasteiger partial charge is 0.497 e. The zero-order chi connectivity index (χ0) is 21.8. The lowest BCUT2D eigenvalue weighted by atomic mass is 10.1. The summed E-state index contributed by atoms with van der Waals surface area (Å²) >= 11 is 1.44. The molecule has 31 heavy (non-hydrogen) atoms. The maximum atomic E-state index is 13.3. The Morgan fingerprint density at radius 3 is 2.48 bits per heavy atom. The number of rotatable bonds is 7. The van der Waals surface area contributed by atoms with E-state index in [9.17, 15) is 14.9 Å². The number of thiazole rings is 1. The van der Waals surface area contributed by atoms with Crippen molar-refractivity contribution in [3.05, 3.63) is 94.0 Å². The second-order valence-electron chi connectivity index (χ2n) is 6.90. The molecule has 0 bridgehead atoms. The fourth-order valence-corrected chi connectivity index (χ4v) is 4.13. The van der Waals surface area contributed by atoms with Crippen LogP contribution in [0.15, 0.2) is 72.8 Å². The number of anilines is 1. The molecule has 1 aromatic heterocycles. The van der Waals surface area contributed by atoms with Crippen molar-refractivity contribution < 1.29 is 14.5 Å². The molecule has 0 saturated heterocycles. The molecule has 0 saturated carbocycles. The van der Waals surface area contributed by atoms with Crippen molar-refractivity contribution in [2.24, 2.45) is 0 Å². The minimum absolute atomic E-state index is 0.00235. The summed E-state index contributed by atoms with van der Waals surface area (Å²) in [6.45, 7) is 0.379. The Morgan fingerprint density at radius 2 is 1.81 bits per heavy atom. The van der Waals surface area contributed by atoms with Crippen LogP contribution in [0.4, 0.5) is 10.8 Å². The summed E-state index contributed by atoms with van der Waals surface area (Å²) in [5.41, 5.74) is 2.45. The topological polar surface area (TPSA) is 85.6 Å². The summed E-state index contributed by atoms with van der Waals surface area (Å²) in [4.78, 5) is 30.0. The molecular weight excluding hydrogens is 414 g/mol. The average molecular weight is 433 g/mol. The minimum Gasteiger partial charge on any atom is -0.497 e. The maximum absolute atomic E-state index is 13.3. The summed E-state index contributed by atoms with van der Waals surface area (Å²) < 4.78 is 6.23. The van der Waals surface area contributed by atoms with Crippen LogP contribution in [0.3, 0.4) is 0 Å². The Morgan fingerprint density at radius 1 is 1.06 bits per heavy atom. The molecule has 4 aromatic rings. The third-order valence-electron chi connectivity index (χ3n) is 4.80. The molecule has 3 aromatic carbocycles. The number of aromatic nitrogens is 1. The van der Waals surface area contributed by atoms with Crippen molar-refractivity contribution in [3.8, 4) is 5.75 Å². The molecule has 0 unspecified atom stereocenters. The van der Waals surface area contributed by atoms with Crippen molar-refractivity contribution in [3.63, 3.8) is 0 Å². The lowest BCUT2D eigenvalue weighted by Crippen LogP contribution is -2.31.